The van der Waals surface area contributed by atoms with Crippen molar-refractivity contribution in [1.29, 1.82) is 0 Å². The Hall–Kier alpha value is -0.870. The van der Waals surface area contributed by atoms with Crippen LogP contribution in [0.2, 0.25) is 0 Å². The minimum Gasteiger partial charge on any atom is -0.378 e. The summed E-state index contributed by atoms with van der Waals surface area (Å²) in [6.45, 7) is 5.11. The lowest BCUT2D eigenvalue weighted by Crippen LogP contribution is -2.19. The summed E-state index contributed by atoms with van der Waals surface area (Å²) in [6.07, 6.45) is 10.1. The van der Waals surface area contributed by atoms with Gasteiger partial charge in [-0.15, -0.1) is 0 Å². The van der Waals surface area contributed by atoms with E-state index in [2.05, 4.69) is 21.8 Å². The normalized spacial score (nSPS) is 23.1. The molecule has 19 heavy (non-hydrogen) atoms. The lowest BCUT2D eigenvalue weighted by Gasteiger charge is -2.13. The van der Waals surface area contributed by atoms with E-state index >= 15 is 0 Å². The Morgan fingerprint density at radius 2 is 2.32 bits per heavy atom. The second-order valence-electron chi connectivity index (χ2n) is 5.88. The standard InChI is InChI=1S/C15H25N3O/c1-12-16-10-14(11-17-13-6-7-13)18(12)8-2-4-15-5-3-9-19-15/h10,13,15,17H,2-9,11H2,1H3. The van der Waals surface area contributed by atoms with Gasteiger partial charge in [-0.2, -0.15) is 0 Å². The molecular weight excluding hydrogens is 238 g/mol. The van der Waals surface area contributed by atoms with Crippen molar-refractivity contribution < 1.29 is 4.74 Å². The molecule has 2 heterocycles. The van der Waals surface area contributed by atoms with E-state index in [4.69, 9.17) is 4.74 Å². The van der Waals surface area contributed by atoms with Crippen LogP contribution < -0.4 is 5.32 Å². The van der Waals surface area contributed by atoms with Gasteiger partial charge < -0.3 is 14.6 Å². The van der Waals surface area contributed by atoms with Crippen molar-refractivity contribution in [3.63, 3.8) is 0 Å². The second-order valence-corrected chi connectivity index (χ2v) is 5.88. The minimum atomic E-state index is 0.511. The van der Waals surface area contributed by atoms with Crippen LogP contribution in [0.15, 0.2) is 6.20 Å². The fraction of sp³-hybridized carbons (Fsp3) is 0.800. The van der Waals surface area contributed by atoms with Crippen LogP contribution in [0.4, 0.5) is 0 Å². The first-order valence-electron chi connectivity index (χ1n) is 7.69. The van der Waals surface area contributed by atoms with E-state index in [0.717, 1.165) is 31.6 Å². The highest BCUT2D eigenvalue weighted by Gasteiger charge is 2.21. The summed E-state index contributed by atoms with van der Waals surface area (Å²) >= 11 is 0. The number of hydrogen-bond donors (Lipinski definition) is 1. The van der Waals surface area contributed by atoms with Gasteiger partial charge in [0.2, 0.25) is 0 Å². The summed E-state index contributed by atoms with van der Waals surface area (Å²) in [5, 5.41) is 3.57. The van der Waals surface area contributed by atoms with Crippen molar-refractivity contribution in [1.82, 2.24) is 14.9 Å². The van der Waals surface area contributed by atoms with E-state index in [1.807, 2.05) is 6.20 Å². The van der Waals surface area contributed by atoms with E-state index in [0.29, 0.717) is 6.10 Å². The summed E-state index contributed by atoms with van der Waals surface area (Å²) in [6, 6.07) is 0.760. The largest absolute Gasteiger partial charge is 0.378 e. The lowest BCUT2D eigenvalue weighted by atomic mass is 10.1. The molecule has 106 valence electrons. The molecule has 1 aliphatic carbocycles. The number of nitrogens with one attached hydrogen (secondary N) is 1. The van der Waals surface area contributed by atoms with Crippen LogP contribution >= 0.6 is 0 Å². The highest BCUT2D eigenvalue weighted by Crippen LogP contribution is 2.20. The van der Waals surface area contributed by atoms with E-state index in [-0.39, 0.29) is 0 Å². The average Bonchev–Trinajstić information content (AvgIpc) is 2.97. The highest BCUT2D eigenvalue weighted by atomic mass is 16.5. The molecule has 1 unspecified atom stereocenters. The Balaban J connectivity index is 1.48. The quantitative estimate of drug-likeness (QED) is 0.821. The predicted octanol–water partition coefficient (Wildman–Crippen LogP) is 2.40. The van der Waals surface area contributed by atoms with Crippen LogP contribution in [0.5, 0.6) is 0 Å². The third-order valence-corrected chi connectivity index (χ3v) is 4.22. The van der Waals surface area contributed by atoms with Gasteiger partial charge in [-0.1, -0.05) is 0 Å². The molecule has 0 aromatic carbocycles. The van der Waals surface area contributed by atoms with Crippen molar-refractivity contribution in [2.75, 3.05) is 6.61 Å². The third-order valence-electron chi connectivity index (χ3n) is 4.22. The SMILES string of the molecule is Cc1ncc(CNC2CC2)n1CCCC1CCCO1. The molecule has 1 saturated carbocycles. The van der Waals surface area contributed by atoms with Crippen molar-refractivity contribution in [3.05, 3.63) is 17.7 Å². The number of hydrogen-bond acceptors (Lipinski definition) is 3. The molecule has 1 N–H and O–H groups in total. The number of ether oxygens (including phenoxy) is 1. The number of nitrogens with zero attached hydrogens (tertiary/aromatic N) is 2. The van der Waals surface area contributed by atoms with E-state index in [1.54, 1.807) is 0 Å². The zero-order valence-electron chi connectivity index (χ0n) is 11.9. The number of rotatable bonds is 7. The Bertz CT molecular complexity index is 406. The monoisotopic (exact) mass is 263 g/mol. The Morgan fingerprint density at radius 3 is 3.05 bits per heavy atom. The van der Waals surface area contributed by atoms with Gasteiger partial charge in [0.1, 0.15) is 5.82 Å². The maximum Gasteiger partial charge on any atom is 0.105 e. The zero-order chi connectivity index (χ0) is 13.1. The van der Waals surface area contributed by atoms with Gasteiger partial charge >= 0.3 is 0 Å². The first kappa shape index (κ1) is 13.1. The zero-order valence-corrected chi connectivity index (χ0v) is 11.9. The molecule has 1 aliphatic heterocycles. The van der Waals surface area contributed by atoms with Crippen LogP contribution in [-0.4, -0.2) is 28.3 Å². The molecule has 3 rings (SSSR count). The fourth-order valence-electron chi connectivity index (χ4n) is 2.85. The summed E-state index contributed by atoms with van der Waals surface area (Å²) in [7, 11) is 0. The molecule has 1 saturated heterocycles. The maximum absolute atomic E-state index is 5.68. The van der Waals surface area contributed by atoms with Crippen molar-refractivity contribution in [3.8, 4) is 0 Å². The molecule has 4 nitrogen and oxygen atoms in total. The lowest BCUT2D eigenvalue weighted by molar-refractivity contribution is 0.101. The van der Waals surface area contributed by atoms with Crippen LogP contribution in [-0.2, 0) is 17.8 Å². The molecular formula is C15H25N3O. The maximum atomic E-state index is 5.68. The molecule has 1 atom stereocenters. The van der Waals surface area contributed by atoms with Gasteiger partial charge in [0.25, 0.3) is 0 Å². The van der Waals surface area contributed by atoms with Crippen LogP contribution in [0.25, 0.3) is 0 Å². The molecule has 2 fully saturated rings. The summed E-state index contributed by atoms with van der Waals surface area (Å²) < 4.78 is 8.05. The van der Waals surface area contributed by atoms with Gasteiger partial charge in [-0.3, -0.25) is 0 Å². The molecule has 4 heteroatoms. The summed E-state index contributed by atoms with van der Waals surface area (Å²) in [4.78, 5) is 4.46. The molecule has 0 bridgehead atoms. The van der Waals surface area contributed by atoms with Gasteiger partial charge in [-0.25, -0.2) is 4.98 Å². The molecule has 2 aliphatic rings. The highest BCUT2D eigenvalue weighted by molar-refractivity contribution is 5.05. The fourth-order valence-corrected chi connectivity index (χ4v) is 2.85. The van der Waals surface area contributed by atoms with Crippen LogP contribution in [0, 0.1) is 6.92 Å². The Morgan fingerprint density at radius 1 is 1.42 bits per heavy atom. The van der Waals surface area contributed by atoms with E-state index < -0.39 is 0 Å². The molecule has 0 amide bonds. The average molecular weight is 263 g/mol. The van der Waals surface area contributed by atoms with E-state index in [9.17, 15) is 0 Å². The van der Waals surface area contributed by atoms with Crippen LogP contribution in [0.3, 0.4) is 0 Å². The molecule has 0 radical (unpaired) electrons. The third kappa shape index (κ3) is 3.57. The molecule has 0 spiro atoms. The summed E-state index contributed by atoms with van der Waals surface area (Å²) in [5.74, 6) is 1.14. The second kappa shape index (κ2) is 6.06. The predicted molar refractivity (Wildman–Crippen MR) is 75.0 cm³/mol. The molecule has 1 aromatic heterocycles. The van der Waals surface area contributed by atoms with Crippen molar-refractivity contribution >= 4 is 0 Å². The van der Waals surface area contributed by atoms with Gasteiger partial charge in [0.15, 0.2) is 0 Å². The topological polar surface area (TPSA) is 39.1 Å². The number of imidazole rings is 1. The molecule has 1 aromatic rings. The number of aryl methyl sites for hydroxylation is 1. The first-order chi connectivity index (χ1) is 9.33. The van der Waals surface area contributed by atoms with E-state index in [1.165, 1.54) is 44.2 Å². The van der Waals surface area contributed by atoms with Gasteiger partial charge in [-0.05, 0) is 45.4 Å². The summed E-state index contributed by atoms with van der Waals surface area (Å²) in [5.41, 5.74) is 1.33. The Kier molecular flexibility index (Phi) is 4.18. The Labute approximate surface area is 115 Å². The van der Waals surface area contributed by atoms with Crippen LogP contribution in [0.1, 0.15) is 50.0 Å². The first-order valence-corrected chi connectivity index (χ1v) is 7.69. The smallest absolute Gasteiger partial charge is 0.105 e. The van der Waals surface area contributed by atoms with Gasteiger partial charge in [0, 0.05) is 31.9 Å². The number of aromatic nitrogens is 2. The van der Waals surface area contributed by atoms with Crippen molar-refractivity contribution in [2.45, 2.75) is 70.7 Å². The minimum absolute atomic E-state index is 0.511. The van der Waals surface area contributed by atoms with Gasteiger partial charge in [0.05, 0.1) is 11.8 Å². The van der Waals surface area contributed by atoms with Crippen molar-refractivity contribution in [2.24, 2.45) is 0 Å².